The maximum absolute atomic E-state index is 9.15. The van der Waals surface area contributed by atoms with Gasteiger partial charge < -0.3 is 25.2 Å². The van der Waals surface area contributed by atoms with Gasteiger partial charge in [0.1, 0.15) is 5.75 Å². The molecule has 1 aromatic rings. The predicted molar refractivity (Wildman–Crippen MR) is 97.5 cm³/mol. The fourth-order valence-corrected chi connectivity index (χ4v) is 1.94. The smallest absolute Gasteiger partial charge is 0.191 e. The molecule has 0 spiro atoms. The lowest BCUT2D eigenvalue weighted by Crippen LogP contribution is -2.40. The first-order chi connectivity index (χ1) is 11.7. The zero-order valence-corrected chi connectivity index (χ0v) is 15.0. The van der Waals surface area contributed by atoms with Gasteiger partial charge in [0.05, 0.1) is 13.7 Å². The third-order valence-corrected chi connectivity index (χ3v) is 3.47. The molecule has 0 bridgehead atoms. The highest BCUT2D eigenvalue weighted by atomic mass is 16.5. The van der Waals surface area contributed by atoms with Crippen LogP contribution in [-0.4, -0.2) is 51.1 Å². The number of aliphatic hydroxyl groups is 1. The Hall–Kier alpha value is -1.79. The van der Waals surface area contributed by atoms with Gasteiger partial charge in [-0.3, -0.25) is 0 Å². The third kappa shape index (κ3) is 8.74. The van der Waals surface area contributed by atoms with Crippen LogP contribution in [0, 0.1) is 5.92 Å². The van der Waals surface area contributed by atoms with Crippen molar-refractivity contribution in [3.63, 3.8) is 0 Å². The van der Waals surface area contributed by atoms with E-state index in [1.165, 1.54) is 0 Å². The number of nitrogens with one attached hydrogen (secondary N) is 2. The van der Waals surface area contributed by atoms with Crippen LogP contribution in [0.2, 0.25) is 0 Å². The number of nitrogens with zero attached hydrogens (tertiary/aromatic N) is 1. The second-order valence-corrected chi connectivity index (χ2v) is 5.66. The molecule has 0 amide bonds. The van der Waals surface area contributed by atoms with E-state index in [2.05, 4.69) is 15.6 Å². The Kier molecular flexibility index (Phi) is 10.6. The van der Waals surface area contributed by atoms with E-state index in [4.69, 9.17) is 14.6 Å². The third-order valence-electron chi connectivity index (χ3n) is 3.47. The zero-order chi connectivity index (χ0) is 17.6. The van der Waals surface area contributed by atoms with E-state index >= 15 is 0 Å². The average Bonchev–Trinajstić information content (AvgIpc) is 2.63. The van der Waals surface area contributed by atoms with Crippen molar-refractivity contribution in [1.29, 1.82) is 0 Å². The first kappa shape index (κ1) is 20.3. The predicted octanol–water partition coefficient (Wildman–Crippen LogP) is 1.79. The summed E-state index contributed by atoms with van der Waals surface area (Å²) in [6.07, 6.45) is 0.923. The molecular formula is C18H31N3O3. The summed E-state index contributed by atoms with van der Waals surface area (Å²) in [5.41, 5.74) is 1.11. The monoisotopic (exact) mass is 337 g/mol. The molecule has 1 aromatic carbocycles. The van der Waals surface area contributed by atoms with Crippen LogP contribution in [0.25, 0.3) is 0 Å². The van der Waals surface area contributed by atoms with Gasteiger partial charge in [0, 0.05) is 32.9 Å². The highest BCUT2D eigenvalue weighted by Gasteiger charge is 2.03. The number of methoxy groups -OCH3 is 1. The van der Waals surface area contributed by atoms with Crippen molar-refractivity contribution >= 4 is 5.96 Å². The van der Waals surface area contributed by atoms with Crippen LogP contribution in [0.5, 0.6) is 5.75 Å². The molecule has 0 heterocycles. The van der Waals surface area contributed by atoms with Crippen molar-refractivity contribution in [2.45, 2.75) is 26.8 Å². The summed E-state index contributed by atoms with van der Waals surface area (Å²) in [6.45, 7) is 7.67. The molecule has 6 nitrogen and oxygen atoms in total. The number of guanidine groups is 1. The topological polar surface area (TPSA) is 75.1 Å². The van der Waals surface area contributed by atoms with Crippen LogP contribution in [0.3, 0.4) is 0 Å². The zero-order valence-electron chi connectivity index (χ0n) is 15.0. The SMILES string of the molecule is CCOCCCNC(=NCc1ccc(OC)cc1)NCC(C)CO. The number of benzene rings is 1. The second kappa shape index (κ2) is 12.6. The Morgan fingerprint density at radius 1 is 1.25 bits per heavy atom. The number of ether oxygens (including phenoxy) is 2. The Bertz CT molecular complexity index is 463. The molecule has 1 atom stereocenters. The minimum absolute atomic E-state index is 0.156. The summed E-state index contributed by atoms with van der Waals surface area (Å²) in [5, 5.41) is 15.7. The van der Waals surface area contributed by atoms with E-state index in [-0.39, 0.29) is 12.5 Å². The molecule has 136 valence electrons. The van der Waals surface area contributed by atoms with Gasteiger partial charge in [-0.1, -0.05) is 19.1 Å². The van der Waals surface area contributed by atoms with Gasteiger partial charge in [0.2, 0.25) is 0 Å². The van der Waals surface area contributed by atoms with Gasteiger partial charge in [-0.05, 0) is 37.0 Å². The minimum Gasteiger partial charge on any atom is -0.497 e. The molecule has 3 N–H and O–H groups in total. The van der Waals surface area contributed by atoms with E-state index in [1.54, 1.807) is 7.11 Å². The van der Waals surface area contributed by atoms with Gasteiger partial charge in [-0.15, -0.1) is 0 Å². The van der Waals surface area contributed by atoms with E-state index in [1.807, 2.05) is 38.1 Å². The molecule has 0 saturated carbocycles. The van der Waals surface area contributed by atoms with Crippen LogP contribution in [0.15, 0.2) is 29.3 Å². The lowest BCUT2D eigenvalue weighted by Gasteiger charge is -2.15. The van der Waals surface area contributed by atoms with E-state index in [9.17, 15) is 0 Å². The van der Waals surface area contributed by atoms with Crippen LogP contribution in [0.4, 0.5) is 0 Å². The normalized spacial score (nSPS) is 12.8. The van der Waals surface area contributed by atoms with Crippen molar-refractivity contribution in [1.82, 2.24) is 10.6 Å². The molecule has 0 aliphatic rings. The Morgan fingerprint density at radius 3 is 2.62 bits per heavy atom. The fraction of sp³-hybridized carbons (Fsp3) is 0.611. The second-order valence-electron chi connectivity index (χ2n) is 5.66. The van der Waals surface area contributed by atoms with Crippen LogP contribution < -0.4 is 15.4 Å². The minimum atomic E-state index is 0.156. The summed E-state index contributed by atoms with van der Waals surface area (Å²) >= 11 is 0. The maximum Gasteiger partial charge on any atom is 0.191 e. The molecule has 24 heavy (non-hydrogen) atoms. The first-order valence-corrected chi connectivity index (χ1v) is 8.53. The molecule has 6 heteroatoms. The van der Waals surface area contributed by atoms with E-state index in [0.717, 1.165) is 43.5 Å². The van der Waals surface area contributed by atoms with Crippen molar-refractivity contribution in [2.24, 2.45) is 10.9 Å². The molecular weight excluding hydrogens is 306 g/mol. The van der Waals surface area contributed by atoms with Gasteiger partial charge in [-0.25, -0.2) is 4.99 Å². The van der Waals surface area contributed by atoms with Crippen molar-refractivity contribution in [3.8, 4) is 5.75 Å². The van der Waals surface area contributed by atoms with Crippen LogP contribution in [-0.2, 0) is 11.3 Å². The number of hydrogen-bond acceptors (Lipinski definition) is 4. The summed E-state index contributed by atoms with van der Waals surface area (Å²) in [6, 6.07) is 7.87. The molecule has 0 saturated heterocycles. The van der Waals surface area contributed by atoms with Crippen molar-refractivity contribution < 1.29 is 14.6 Å². The fourth-order valence-electron chi connectivity index (χ4n) is 1.94. The molecule has 1 rings (SSSR count). The molecule has 0 aromatic heterocycles. The lowest BCUT2D eigenvalue weighted by atomic mass is 10.2. The summed E-state index contributed by atoms with van der Waals surface area (Å²) < 4.78 is 10.5. The Labute approximate surface area is 145 Å². The average molecular weight is 337 g/mol. The summed E-state index contributed by atoms with van der Waals surface area (Å²) in [4.78, 5) is 4.60. The molecule has 1 unspecified atom stereocenters. The maximum atomic E-state index is 9.15. The largest absolute Gasteiger partial charge is 0.497 e. The van der Waals surface area contributed by atoms with Crippen molar-refractivity contribution in [3.05, 3.63) is 29.8 Å². The van der Waals surface area contributed by atoms with Crippen LogP contribution in [0.1, 0.15) is 25.8 Å². The first-order valence-electron chi connectivity index (χ1n) is 8.53. The standard InChI is InChI=1S/C18H31N3O3/c1-4-24-11-5-10-19-18(20-12-15(2)14-22)21-13-16-6-8-17(23-3)9-7-16/h6-9,15,22H,4-5,10-14H2,1-3H3,(H2,19,20,21). The summed E-state index contributed by atoms with van der Waals surface area (Å²) in [7, 11) is 1.66. The quantitative estimate of drug-likeness (QED) is 0.326. The summed E-state index contributed by atoms with van der Waals surface area (Å²) in [5.74, 6) is 1.77. The number of hydrogen-bond donors (Lipinski definition) is 3. The van der Waals surface area contributed by atoms with Gasteiger partial charge in [-0.2, -0.15) is 0 Å². The number of aliphatic imine (C=N–C) groups is 1. The number of rotatable bonds is 11. The lowest BCUT2D eigenvalue weighted by molar-refractivity contribution is 0.145. The van der Waals surface area contributed by atoms with Gasteiger partial charge in [0.15, 0.2) is 5.96 Å². The van der Waals surface area contributed by atoms with Gasteiger partial charge >= 0.3 is 0 Å². The molecule has 0 radical (unpaired) electrons. The Balaban J connectivity index is 2.53. The van der Waals surface area contributed by atoms with E-state index in [0.29, 0.717) is 13.1 Å². The van der Waals surface area contributed by atoms with Gasteiger partial charge in [0.25, 0.3) is 0 Å². The Morgan fingerprint density at radius 2 is 2.00 bits per heavy atom. The van der Waals surface area contributed by atoms with Crippen molar-refractivity contribution in [2.75, 3.05) is 40.0 Å². The molecule has 0 fully saturated rings. The van der Waals surface area contributed by atoms with E-state index < -0.39 is 0 Å². The van der Waals surface area contributed by atoms with Crippen LogP contribution >= 0.6 is 0 Å². The molecule has 0 aliphatic heterocycles. The highest BCUT2D eigenvalue weighted by molar-refractivity contribution is 5.79. The highest BCUT2D eigenvalue weighted by Crippen LogP contribution is 2.11. The number of aliphatic hydroxyl groups excluding tert-OH is 1. The molecule has 0 aliphatic carbocycles.